The normalized spacial score (nSPS) is 21.4. The van der Waals surface area contributed by atoms with Crippen molar-refractivity contribution in [3.63, 3.8) is 0 Å². The van der Waals surface area contributed by atoms with Gasteiger partial charge < -0.3 is 9.64 Å². The van der Waals surface area contributed by atoms with E-state index in [2.05, 4.69) is 19.9 Å². The van der Waals surface area contributed by atoms with Crippen LogP contribution in [0.1, 0.15) is 30.1 Å². The van der Waals surface area contributed by atoms with Gasteiger partial charge in [-0.3, -0.25) is 4.98 Å². The molecular formula is C16H19FN4O. The van der Waals surface area contributed by atoms with Crippen molar-refractivity contribution in [2.75, 3.05) is 24.7 Å². The summed E-state index contributed by atoms with van der Waals surface area (Å²) in [6.07, 6.45) is 2.71. The van der Waals surface area contributed by atoms with Crippen molar-refractivity contribution in [2.24, 2.45) is 0 Å². The van der Waals surface area contributed by atoms with E-state index in [1.54, 1.807) is 6.92 Å². The van der Waals surface area contributed by atoms with Gasteiger partial charge in [0.15, 0.2) is 5.82 Å². The average Bonchev–Trinajstić information content (AvgIpc) is 2.80. The molecular weight excluding hydrogens is 283 g/mol. The van der Waals surface area contributed by atoms with Crippen LogP contribution in [0.2, 0.25) is 0 Å². The minimum atomic E-state index is -0.324. The van der Waals surface area contributed by atoms with Gasteiger partial charge in [-0.25, -0.2) is 14.4 Å². The number of halogens is 1. The van der Waals surface area contributed by atoms with Crippen LogP contribution in [-0.4, -0.2) is 40.8 Å². The van der Waals surface area contributed by atoms with Crippen LogP contribution in [-0.2, 0) is 11.2 Å². The van der Waals surface area contributed by atoms with Crippen molar-refractivity contribution in [1.82, 2.24) is 15.0 Å². The molecule has 0 spiro atoms. The number of hydrogen-bond donors (Lipinski definition) is 0. The fraction of sp³-hybridized carbons (Fsp3) is 0.562. The number of anilines is 1. The van der Waals surface area contributed by atoms with Gasteiger partial charge in [-0.05, 0) is 33.1 Å². The number of pyridine rings is 1. The molecule has 0 N–H and O–H groups in total. The van der Waals surface area contributed by atoms with E-state index in [0.29, 0.717) is 23.6 Å². The minimum Gasteiger partial charge on any atom is -0.379 e. The molecule has 0 amide bonds. The molecule has 5 nitrogen and oxygen atoms in total. The molecule has 2 aromatic rings. The van der Waals surface area contributed by atoms with Crippen molar-refractivity contribution >= 4 is 16.7 Å². The van der Waals surface area contributed by atoms with Gasteiger partial charge in [-0.2, -0.15) is 0 Å². The molecule has 2 aliphatic rings. The number of ether oxygens (including phenoxy) is 1. The van der Waals surface area contributed by atoms with Crippen LogP contribution in [0.15, 0.2) is 0 Å². The highest BCUT2D eigenvalue weighted by Crippen LogP contribution is 2.35. The van der Waals surface area contributed by atoms with Crippen molar-refractivity contribution in [3.05, 3.63) is 23.0 Å². The molecule has 0 radical (unpaired) electrons. The van der Waals surface area contributed by atoms with Crippen molar-refractivity contribution in [1.29, 1.82) is 0 Å². The molecule has 2 aliphatic heterocycles. The van der Waals surface area contributed by atoms with E-state index in [-0.39, 0.29) is 11.9 Å². The second-order valence-corrected chi connectivity index (χ2v) is 6.09. The number of rotatable bonds is 0. The van der Waals surface area contributed by atoms with Crippen molar-refractivity contribution in [3.8, 4) is 0 Å². The molecule has 6 heteroatoms. The van der Waals surface area contributed by atoms with Gasteiger partial charge in [0.05, 0.1) is 29.4 Å². The van der Waals surface area contributed by atoms with Crippen molar-refractivity contribution in [2.45, 2.75) is 39.2 Å². The van der Waals surface area contributed by atoms with Crippen LogP contribution in [0, 0.1) is 19.7 Å². The van der Waals surface area contributed by atoms with Crippen LogP contribution in [0.5, 0.6) is 0 Å². The first kappa shape index (κ1) is 13.8. The molecule has 0 aliphatic carbocycles. The zero-order chi connectivity index (χ0) is 15.3. The average molecular weight is 302 g/mol. The summed E-state index contributed by atoms with van der Waals surface area (Å²) in [5.41, 5.74) is 1.74. The van der Waals surface area contributed by atoms with Crippen LogP contribution in [0.25, 0.3) is 10.9 Å². The maximum absolute atomic E-state index is 14.5. The molecule has 1 saturated heterocycles. The molecule has 0 saturated carbocycles. The first-order valence-electron chi connectivity index (χ1n) is 7.83. The van der Waals surface area contributed by atoms with Gasteiger partial charge in [-0.1, -0.05) is 0 Å². The predicted octanol–water partition coefficient (Wildman–Crippen LogP) is 2.32. The summed E-state index contributed by atoms with van der Waals surface area (Å²) < 4.78 is 20.3. The Balaban J connectivity index is 2.02. The first-order chi connectivity index (χ1) is 10.6. The number of aryl methyl sites for hydroxylation is 3. The molecule has 2 aromatic heterocycles. The molecule has 0 bridgehead atoms. The van der Waals surface area contributed by atoms with Crippen LogP contribution >= 0.6 is 0 Å². The standard InChI is InChI=1S/C16H19FN4O/c1-9-14(17)15-13-12(18-9)5-4-11-8-22-7-3-6-21(11)16(13)20-10(2)19-15/h11H,3-8H2,1-2H3. The second kappa shape index (κ2) is 5.12. The molecule has 1 fully saturated rings. The lowest BCUT2D eigenvalue weighted by Gasteiger charge is -2.29. The van der Waals surface area contributed by atoms with Gasteiger partial charge in [-0.15, -0.1) is 0 Å². The highest BCUT2D eigenvalue weighted by atomic mass is 19.1. The Labute approximate surface area is 128 Å². The fourth-order valence-electron chi connectivity index (χ4n) is 3.50. The molecule has 116 valence electrons. The number of nitrogens with zero attached hydrogens (tertiary/aromatic N) is 4. The van der Waals surface area contributed by atoms with E-state index in [1.165, 1.54) is 0 Å². The molecule has 0 aromatic carbocycles. The predicted molar refractivity (Wildman–Crippen MR) is 81.7 cm³/mol. The lowest BCUT2D eigenvalue weighted by atomic mass is 10.1. The number of aromatic nitrogens is 3. The third kappa shape index (κ3) is 2.05. The SMILES string of the molecule is Cc1nc2c3c(nc(C)c(F)c3n1)CCC1COCCCN21. The summed E-state index contributed by atoms with van der Waals surface area (Å²) in [5, 5.41) is 0.790. The second-order valence-electron chi connectivity index (χ2n) is 6.09. The zero-order valence-corrected chi connectivity index (χ0v) is 12.9. The van der Waals surface area contributed by atoms with Gasteiger partial charge in [0.25, 0.3) is 0 Å². The summed E-state index contributed by atoms with van der Waals surface area (Å²) in [5.74, 6) is 1.11. The summed E-state index contributed by atoms with van der Waals surface area (Å²) in [6.45, 7) is 5.87. The van der Waals surface area contributed by atoms with Crippen LogP contribution < -0.4 is 4.90 Å². The molecule has 1 atom stereocenters. The summed E-state index contributed by atoms with van der Waals surface area (Å²) in [6, 6.07) is 0.276. The summed E-state index contributed by atoms with van der Waals surface area (Å²) in [4.78, 5) is 15.8. The van der Waals surface area contributed by atoms with E-state index in [4.69, 9.17) is 4.74 Å². The Kier molecular flexibility index (Phi) is 3.22. The van der Waals surface area contributed by atoms with E-state index in [1.807, 2.05) is 6.92 Å². The largest absolute Gasteiger partial charge is 0.379 e. The fourth-order valence-corrected chi connectivity index (χ4v) is 3.50. The Morgan fingerprint density at radius 2 is 2.09 bits per heavy atom. The van der Waals surface area contributed by atoms with Crippen LogP contribution in [0.4, 0.5) is 10.2 Å². The van der Waals surface area contributed by atoms with Gasteiger partial charge in [0.1, 0.15) is 17.2 Å². The zero-order valence-electron chi connectivity index (χ0n) is 12.9. The Hall–Kier alpha value is -1.82. The third-order valence-corrected chi connectivity index (χ3v) is 4.54. The van der Waals surface area contributed by atoms with Gasteiger partial charge in [0.2, 0.25) is 0 Å². The van der Waals surface area contributed by atoms with E-state index in [9.17, 15) is 4.39 Å². The monoisotopic (exact) mass is 302 g/mol. The number of hydrogen-bond acceptors (Lipinski definition) is 5. The lowest BCUT2D eigenvalue weighted by molar-refractivity contribution is 0.132. The maximum Gasteiger partial charge on any atom is 0.170 e. The molecule has 4 heterocycles. The Morgan fingerprint density at radius 1 is 1.23 bits per heavy atom. The lowest BCUT2D eigenvalue weighted by Crippen LogP contribution is -2.37. The quantitative estimate of drug-likeness (QED) is 0.747. The maximum atomic E-state index is 14.5. The van der Waals surface area contributed by atoms with Gasteiger partial charge in [0, 0.05) is 13.2 Å². The van der Waals surface area contributed by atoms with E-state index >= 15 is 0 Å². The molecule has 1 unspecified atom stereocenters. The highest BCUT2D eigenvalue weighted by Gasteiger charge is 2.30. The van der Waals surface area contributed by atoms with Crippen molar-refractivity contribution < 1.29 is 9.13 Å². The minimum absolute atomic E-state index is 0.276. The molecule has 4 rings (SSSR count). The number of fused-ring (bicyclic) bond motifs is 2. The first-order valence-corrected chi connectivity index (χ1v) is 7.83. The Morgan fingerprint density at radius 3 is 2.95 bits per heavy atom. The summed E-state index contributed by atoms with van der Waals surface area (Å²) in [7, 11) is 0. The third-order valence-electron chi connectivity index (χ3n) is 4.54. The topological polar surface area (TPSA) is 51.1 Å². The van der Waals surface area contributed by atoms with E-state index in [0.717, 1.165) is 49.3 Å². The molecule has 22 heavy (non-hydrogen) atoms. The van der Waals surface area contributed by atoms with Gasteiger partial charge >= 0.3 is 0 Å². The van der Waals surface area contributed by atoms with E-state index < -0.39 is 0 Å². The summed E-state index contributed by atoms with van der Waals surface area (Å²) >= 11 is 0. The van der Waals surface area contributed by atoms with Crippen LogP contribution in [0.3, 0.4) is 0 Å². The highest BCUT2D eigenvalue weighted by molar-refractivity contribution is 5.93. The smallest absolute Gasteiger partial charge is 0.170 e. The Bertz CT molecular complexity index is 749.